The van der Waals surface area contributed by atoms with Crippen LogP contribution in [0.5, 0.6) is 0 Å². The van der Waals surface area contributed by atoms with E-state index in [1.165, 1.54) is 47.5 Å². The highest BCUT2D eigenvalue weighted by molar-refractivity contribution is 6.22. The van der Waals surface area contributed by atoms with Crippen LogP contribution in [0.3, 0.4) is 0 Å². The quantitative estimate of drug-likeness (QED) is 0.309. The van der Waals surface area contributed by atoms with E-state index in [9.17, 15) is 31.1 Å². The summed E-state index contributed by atoms with van der Waals surface area (Å²) in [6, 6.07) is 8.08. The number of carbonyl (C=O) groups excluding carboxylic acids is 1. The summed E-state index contributed by atoms with van der Waals surface area (Å²) in [5, 5.41) is 8.25. The molecule has 0 saturated heterocycles. The molecule has 0 radical (unpaired) electrons. The fraction of sp³-hybridized carbons (Fsp3) is 0.130. The minimum atomic E-state index is -4.56. The van der Waals surface area contributed by atoms with Crippen LogP contribution in [0.2, 0.25) is 0 Å². The van der Waals surface area contributed by atoms with Crippen molar-refractivity contribution in [2.24, 2.45) is 12.8 Å². The van der Waals surface area contributed by atoms with E-state index in [2.05, 4.69) is 15.2 Å². The van der Waals surface area contributed by atoms with Gasteiger partial charge in [-0.2, -0.15) is 31.4 Å². The lowest BCUT2D eigenvalue weighted by Crippen LogP contribution is -2.14. The molecule has 0 atom stereocenters. The molecule has 0 aliphatic rings. The molecular weight excluding hydrogens is 490 g/mol. The van der Waals surface area contributed by atoms with Gasteiger partial charge in [0.1, 0.15) is 0 Å². The van der Waals surface area contributed by atoms with E-state index in [1.807, 2.05) is 0 Å². The van der Waals surface area contributed by atoms with Crippen molar-refractivity contribution in [2.75, 3.05) is 0 Å². The van der Waals surface area contributed by atoms with Gasteiger partial charge in [0.15, 0.2) is 11.6 Å². The SMILES string of the molecule is Cn1cc(C(=Cn2nc(-c3ccc(C(F)(F)F)cc3)nc2-c2ccc(C(F)(F)F)cc2)C(N)=O)cn1. The number of nitrogens with two attached hydrogens (primary N) is 1. The van der Waals surface area contributed by atoms with E-state index in [0.717, 1.165) is 28.9 Å². The molecular formula is C23H16F6N6O. The van der Waals surface area contributed by atoms with Crippen molar-refractivity contribution in [3.63, 3.8) is 0 Å². The Morgan fingerprint density at radius 2 is 1.42 bits per heavy atom. The predicted molar refractivity (Wildman–Crippen MR) is 117 cm³/mol. The Morgan fingerprint density at radius 1 is 0.889 bits per heavy atom. The third-order valence-electron chi connectivity index (χ3n) is 5.10. The summed E-state index contributed by atoms with van der Waals surface area (Å²) in [5.41, 5.74) is 4.50. The number of aromatic nitrogens is 5. The lowest BCUT2D eigenvalue weighted by atomic mass is 10.1. The number of halogens is 6. The Hall–Kier alpha value is -4.42. The van der Waals surface area contributed by atoms with Gasteiger partial charge in [0.2, 0.25) is 0 Å². The van der Waals surface area contributed by atoms with E-state index < -0.39 is 29.4 Å². The maximum Gasteiger partial charge on any atom is 0.416 e. The van der Waals surface area contributed by atoms with Gasteiger partial charge in [-0.05, 0) is 24.3 Å². The van der Waals surface area contributed by atoms with Crippen LogP contribution in [-0.4, -0.2) is 30.5 Å². The van der Waals surface area contributed by atoms with Gasteiger partial charge in [-0.1, -0.05) is 24.3 Å². The summed E-state index contributed by atoms with van der Waals surface area (Å²) >= 11 is 0. The van der Waals surface area contributed by atoms with Crippen LogP contribution in [0.25, 0.3) is 34.5 Å². The van der Waals surface area contributed by atoms with Crippen molar-refractivity contribution in [2.45, 2.75) is 12.4 Å². The molecule has 7 nitrogen and oxygen atoms in total. The second-order valence-electron chi connectivity index (χ2n) is 7.66. The maximum absolute atomic E-state index is 13.0. The molecule has 0 bridgehead atoms. The topological polar surface area (TPSA) is 91.6 Å². The van der Waals surface area contributed by atoms with Crippen LogP contribution in [0.1, 0.15) is 16.7 Å². The zero-order valence-corrected chi connectivity index (χ0v) is 18.3. The van der Waals surface area contributed by atoms with Crippen molar-refractivity contribution in [1.29, 1.82) is 0 Å². The number of aryl methyl sites for hydroxylation is 1. The van der Waals surface area contributed by atoms with Crippen LogP contribution in [0.15, 0.2) is 60.9 Å². The highest BCUT2D eigenvalue weighted by atomic mass is 19.4. The normalized spacial score (nSPS) is 12.7. The molecule has 0 spiro atoms. The van der Waals surface area contributed by atoms with Crippen molar-refractivity contribution in [1.82, 2.24) is 24.5 Å². The molecule has 0 unspecified atom stereocenters. The Kier molecular flexibility index (Phi) is 6.16. The lowest BCUT2D eigenvalue weighted by Gasteiger charge is -2.08. The van der Waals surface area contributed by atoms with Crippen LogP contribution in [0, 0.1) is 0 Å². The summed E-state index contributed by atoms with van der Waals surface area (Å²) in [4.78, 5) is 16.5. The van der Waals surface area contributed by atoms with Crippen molar-refractivity contribution >= 4 is 17.7 Å². The highest BCUT2D eigenvalue weighted by Gasteiger charge is 2.31. The molecule has 0 aliphatic carbocycles. The Labute approximate surface area is 199 Å². The minimum Gasteiger partial charge on any atom is -0.366 e. The number of hydrogen-bond acceptors (Lipinski definition) is 4. The van der Waals surface area contributed by atoms with E-state index in [4.69, 9.17) is 5.73 Å². The van der Waals surface area contributed by atoms with Crippen molar-refractivity contribution in [3.8, 4) is 22.8 Å². The van der Waals surface area contributed by atoms with Gasteiger partial charge >= 0.3 is 12.4 Å². The molecule has 4 rings (SSSR count). The highest BCUT2D eigenvalue weighted by Crippen LogP contribution is 2.33. The number of alkyl halides is 6. The van der Waals surface area contributed by atoms with E-state index in [1.54, 1.807) is 7.05 Å². The molecule has 36 heavy (non-hydrogen) atoms. The van der Waals surface area contributed by atoms with Crippen LogP contribution in [0.4, 0.5) is 26.3 Å². The molecule has 186 valence electrons. The number of rotatable bonds is 5. The second-order valence-corrected chi connectivity index (χ2v) is 7.66. The minimum absolute atomic E-state index is 0.0233. The molecule has 4 aromatic rings. The average molecular weight is 506 g/mol. The molecule has 2 N–H and O–H groups in total. The molecule has 0 saturated carbocycles. The van der Waals surface area contributed by atoms with Crippen molar-refractivity contribution < 1.29 is 31.1 Å². The molecule has 2 aromatic carbocycles. The standard InChI is InChI=1S/C23H16F6N6O/c1-34-11-15(10-31-34)18(19(30)36)12-35-21(14-4-8-17(9-5-14)23(27,28)29)32-20(33-35)13-2-6-16(7-3-13)22(24,25)26/h2-12H,1H3,(H2,30,36). The first-order valence-electron chi connectivity index (χ1n) is 10.2. The van der Waals surface area contributed by atoms with Crippen LogP contribution >= 0.6 is 0 Å². The number of primary amides is 1. The van der Waals surface area contributed by atoms with Gasteiger partial charge in [-0.25, -0.2) is 9.67 Å². The van der Waals surface area contributed by atoms with Crippen LogP contribution < -0.4 is 5.73 Å². The third-order valence-corrected chi connectivity index (χ3v) is 5.10. The molecule has 1 amide bonds. The molecule has 0 aliphatic heterocycles. The van der Waals surface area contributed by atoms with Gasteiger partial charge in [0, 0.05) is 36.1 Å². The zero-order chi connectivity index (χ0) is 26.3. The summed E-state index contributed by atoms with van der Waals surface area (Å²) in [6.45, 7) is 0. The number of hydrogen-bond donors (Lipinski definition) is 1. The van der Waals surface area contributed by atoms with Crippen LogP contribution in [-0.2, 0) is 24.2 Å². The van der Waals surface area contributed by atoms with Crippen molar-refractivity contribution in [3.05, 3.63) is 77.6 Å². The molecule has 2 aromatic heterocycles. The van der Waals surface area contributed by atoms with Gasteiger partial charge in [-0.3, -0.25) is 9.48 Å². The summed E-state index contributed by atoms with van der Waals surface area (Å²) < 4.78 is 80.4. The fourth-order valence-corrected chi connectivity index (χ4v) is 3.31. The molecule has 13 heteroatoms. The first-order valence-corrected chi connectivity index (χ1v) is 10.2. The Morgan fingerprint density at radius 3 is 1.86 bits per heavy atom. The lowest BCUT2D eigenvalue weighted by molar-refractivity contribution is -0.138. The van der Waals surface area contributed by atoms with E-state index in [0.29, 0.717) is 5.56 Å². The Balaban J connectivity index is 1.85. The summed E-state index contributed by atoms with van der Waals surface area (Å²) in [7, 11) is 1.62. The Bertz CT molecular complexity index is 1430. The monoisotopic (exact) mass is 506 g/mol. The fourth-order valence-electron chi connectivity index (χ4n) is 3.31. The summed E-state index contributed by atoms with van der Waals surface area (Å²) in [6.07, 6.45) is -4.98. The van der Waals surface area contributed by atoms with Gasteiger partial charge in [0.05, 0.1) is 22.9 Å². The van der Waals surface area contributed by atoms with Gasteiger partial charge in [0.25, 0.3) is 5.91 Å². The average Bonchev–Trinajstić information content (AvgIpc) is 3.42. The van der Waals surface area contributed by atoms with E-state index >= 15 is 0 Å². The zero-order valence-electron chi connectivity index (χ0n) is 18.3. The van der Waals surface area contributed by atoms with Gasteiger partial charge in [-0.15, -0.1) is 5.10 Å². The number of benzene rings is 2. The predicted octanol–water partition coefficient (Wildman–Crippen LogP) is 4.87. The first-order chi connectivity index (χ1) is 16.8. The maximum atomic E-state index is 13.0. The third kappa shape index (κ3) is 5.14. The number of amides is 1. The molecule has 0 fully saturated rings. The second kappa shape index (κ2) is 8.98. The first kappa shape index (κ1) is 24.7. The number of nitrogens with zero attached hydrogens (tertiary/aromatic N) is 5. The van der Waals surface area contributed by atoms with E-state index in [-0.39, 0.29) is 28.3 Å². The number of carbonyl (C=O) groups is 1. The summed E-state index contributed by atoms with van der Waals surface area (Å²) in [5.74, 6) is -0.834. The largest absolute Gasteiger partial charge is 0.416 e. The smallest absolute Gasteiger partial charge is 0.366 e. The molecule has 2 heterocycles. The van der Waals surface area contributed by atoms with Gasteiger partial charge < -0.3 is 5.73 Å².